The lowest BCUT2D eigenvalue weighted by atomic mass is 9.35. The van der Waals surface area contributed by atoms with Crippen molar-refractivity contribution >= 4 is 0 Å². The molecule has 0 N–H and O–H groups in total. The number of fused-ring (bicyclic) bond motifs is 3. The Bertz CT molecular complexity index is 1100. The SMILES string of the molecule is CC(C)C(C)C1(C)CCC2(C)C3CCC4C5(C)COC(C)C4(CCC5CC(C)n4ncnn4)C3=CCC2(C)C1. The Labute approximate surface area is 238 Å². The van der Waals surface area contributed by atoms with Crippen molar-refractivity contribution in [3.63, 3.8) is 0 Å². The second-order valence-electron chi connectivity index (χ2n) is 16.5. The maximum Gasteiger partial charge on any atom is 0.162 e. The van der Waals surface area contributed by atoms with Crippen LogP contribution in [0.5, 0.6) is 0 Å². The normalized spacial score (nSPS) is 48.9. The minimum Gasteiger partial charge on any atom is -0.377 e. The number of hydrogen-bond donors (Lipinski definition) is 0. The van der Waals surface area contributed by atoms with Crippen molar-refractivity contribution in [2.24, 2.45) is 56.7 Å². The molecule has 5 nitrogen and oxygen atoms in total. The molecular weight excluding hydrogens is 480 g/mol. The van der Waals surface area contributed by atoms with Gasteiger partial charge in [0.05, 0.1) is 18.8 Å². The molecule has 11 unspecified atom stereocenters. The zero-order valence-corrected chi connectivity index (χ0v) is 26.5. The molecule has 5 heteroatoms. The molecule has 2 bridgehead atoms. The van der Waals surface area contributed by atoms with Crippen LogP contribution in [0.1, 0.15) is 126 Å². The van der Waals surface area contributed by atoms with E-state index in [0.29, 0.717) is 34.2 Å². The van der Waals surface area contributed by atoms with Gasteiger partial charge in [0.25, 0.3) is 0 Å². The van der Waals surface area contributed by atoms with Crippen LogP contribution in [0.15, 0.2) is 18.0 Å². The van der Waals surface area contributed by atoms with E-state index in [2.05, 4.69) is 83.8 Å². The fourth-order valence-electron chi connectivity index (χ4n) is 11.7. The first-order valence-electron chi connectivity index (χ1n) is 16.4. The van der Waals surface area contributed by atoms with E-state index in [-0.39, 0.29) is 16.9 Å². The molecule has 1 aliphatic heterocycles. The highest BCUT2D eigenvalue weighted by Crippen LogP contribution is 2.75. The predicted molar refractivity (Wildman–Crippen MR) is 157 cm³/mol. The topological polar surface area (TPSA) is 52.8 Å². The predicted octanol–water partition coefficient (Wildman–Crippen LogP) is 8.30. The fraction of sp³-hybridized carbons (Fsp3) is 0.912. The van der Waals surface area contributed by atoms with Crippen LogP contribution in [-0.2, 0) is 4.74 Å². The van der Waals surface area contributed by atoms with Crippen LogP contribution in [0.4, 0.5) is 0 Å². The summed E-state index contributed by atoms with van der Waals surface area (Å²) in [5, 5.41) is 12.6. The van der Waals surface area contributed by atoms with Gasteiger partial charge < -0.3 is 4.74 Å². The first-order valence-corrected chi connectivity index (χ1v) is 16.4. The van der Waals surface area contributed by atoms with Gasteiger partial charge in [-0.25, -0.2) is 0 Å². The Morgan fingerprint density at radius 2 is 1.79 bits per heavy atom. The van der Waals surface area contributed by atoms with Gasteiger partial charge in [0.2, 0.25) is 0 Å². The Kier molecular flexibility index (Phi) is 6.54. The standard InChI is InChI=1S/C34H56N4O/c1-22(2)24(4)30(6)16-17-33(9)27-10-11-29-32(8)20-39-25(5)34(29,28(27)13-14-31(33,7)19-30)15-12-26(32)18-23(3)38-36-21-35-37-38/h13,21-27,29H,10-12,14-20H2,1-9H3. The van der Waals surface area contributed by atoms with E-state index < -0.39 is 0 Å². The lowest BCUT2D eigenvalue weighted by Crippen LogP contribution is -2.66. The number of hydrogen-bond acceptors (Lipinski definition) is 4. The number of aromatic nitrogens is 4. The summed E-state index contributed by atoms with van der Waals surface area (Å²) in [5.74, 6) is 3.60. The summed E-state index contributed by atoms with van der Waals surface area (Å²) in [6, 6.07) is 0.274. The summed E-state index contributed by atoms with van der Waals surface area (Å²) in [6.45, 7) is 23.6. The van der Waals surface area contributed by atoms with Gasteiger partial charge in [0.15, 0.2) is 6.33 Å². The highest BCUT2D eigenvalue weighted by Gasteiger charge is 2.68. The van der Waals surface area contributed by atoms with Crippen LogP contribution in [-0.4, -0.2) is 32.9 Å². The Morgan fingerprint density at radius 3 is 2.49 bits per heavy atom. The lowest BCUT2D eigenvalue weighted by molar-refractivity contribution is -0.236. The second-order valence-corrected chi connectivity index (χ2v) is 16.5. The molecular formula is C34H56N4O. The van der Waals surface area contributed by atoms with Gasteiger partial charge in [-0.1, -0.05) is 60.1 Å². The molecule has 11 atom stereocenters. The number of ether oxygens (including phenoxy) is 1. The van der Waals surface area contributed by atoms with Gasteiger partial charge in [0, 0.05) is 5.41 Å². The molecule has 1 aromatic rings. The first-order chi connectivity index (χ1) is 18.3. The summed E-state index contributed by atoms with van der Waals surface area (Å²) < 4.78 is 6.85. The molecule has 3 saturated carbocycles. The van der Waals surface area contributed by atoms with Gasteiger partial charge in [-0.2, -0.15) is 4.80 Å². The molecule has 0 spiro atoms. The molecule has 218 valence electrons. The van der Waals surface area contributed by atoms with Crippen LogP contribution >= 0.6 is 0 Å². The van der Waals surface area contributed by atoms with Crippen molar-refractivity contribution in [3.05, 3.63) is 18.0 Å². The zero-order chi connectivity index (χ0) is 28.0. The van der Waals surface area contributed by atoms with Crippen molar-refractivity contribution in [1.82, 2.24) is 20.2 Å². The Morgan fingerprint density at radius 1 is 1.03 bits per heavy atom. The summed E-state index contributed by atoms with van der Waals surface area (Å²) in [7, 11) is 0. The molecule has 1 saturated heterocycles. The third-order valence-corrected chi connectivity index (χ3v) is 14.7. The summed E-state index contributed by atoms with van der Waals surface area (Å²) in [4.78, 5) is 1.82. The van der Waals surface area contributed by atoms with E-state index in [0.717, 1.165) is 30.8 Å². The number of allylic oxidation sites excluding steroid dienone is 1. The number of nitrogens with zero attached hydrogens (tertiary/aromatic N) is 4. The van der Waals surface area contributed by atoms with Gasteiger partial charge >= 0.3 is 0 Å². The minimum atomic E-state index is 0.213. The van der Waals surface area contributed by atoms with E-state index >= 15 is 0 Å². The van der Waals surface area contributed by atoms with Crippen LogP contribution < -0.4 is 0 Å². The number of tetrazole rings is 1. The largest absolute Gasteiger partial charge is 0.377 e. The zero-order valence-electron chi connectivity index (χ0n) is 26.5. The second kappa shape index (κ2) is 9.13. The Hall–Kier alpha value is -1.23. The van der Waals surface area contributed by atoms with E-state index in [1.165, 1.54) is 51.4 Å². The monoisotopic (exact) mass is 536 g/mol. The molecule has 4 fully saturated rings. The average Bonchev–Trinajstić information content (AvgIpc) is 3.44. The molecule has 0 radical (unpaired) electrons. The van der Waals surface area contributed by atoms with Crippen molar-refractivity contribution in [2.75, 3.05) is 6.61 Å². The molecule has 0 amide bonds. The molecule has 1 aromatic heterocycles. The summed E-state index contributed by atoms with van der Waals surface area (Å²) in [6.07, 6.45) is 16.5. The molecule has 39 heavy (non-hydrogen) atoms. The van der Waals surface area contributed by atoms with Crippen LogP contribution in [0.3, 0.4) is 0 Å². The van der Waals surface area contributed by atoms with E-state index in [4.69, 9.17) is 4.74 Å². The molecule has 6 rings (SSSR count). The van der Waals surface area contributed by atoms with Crippen LogP contribution in [0, 0.1) is 56.7 Å². The van der Waals surface area contributed by atoms with Crippen molar-refractivity contribution in [3.8, 4) is 0 Å². The van der Waals surface area contributed by atoms with Gasteiger partial charge in [-0.3, -0.25) is 0 Å². The van der Waals surface area contributed by atoms with Gasteiger partial charge in [-0.05, 0) is 128 Å². The molecule has 5 aliphatic rings. The number of rotatable bonds is 5. The maximum absolute atomic E-state index is 6.85. The Balaban J connectivity index is 1.33. The van der Waals surface area contributed by atoms with Crippen LogP contribution in [0.2, 0.25) is 0 Å². The third-order valence-electron chi connectivity index (χ3n) is 14.7. The molecule has 2 heterocycles. The van der Waals surface area contributed by atoms with Crippen molar-refractivity contribution < 1.29 is 4.74 Å². The van der Waals surface area contributed by atoms with Gasteiger partial charge in [0.1, 0.15) is 0 Å². The summed E-state index contributed by atoms with van der Waals surface area (Å²) >= 11 is 0. The van der Waals surface area contributed by atoms with E-state index in [1.807, 2.05) is 10.4 Å². The van der Waals surface area contributed by atoms with Gasteiger partial charge in [-0.15, -0.1) is 10.2 Å². The highest BCUT2D eigenvalue weighted by molar-refractivity contribution is 5.35. The lowest BCUT2D eigenvalue weighted by Gasteiger charge is -2.71. The van der Waals surface area contributed by atoms with E-state index in [1.54, 1.807) is 6.33 Å². The molecule has 0 aromatic carbocycles. The van der Waals surface area contributed by atoms with Crippen LogP contribution in [0.25, 0.3) is 0 Å². The fourth-order valence-corrected chi connectivity index (χ4v) is 11.7. The van der Waals surface area contributed by atoms with Crippen molar-refractivity contribution in [2.45, 2.75) is 132 Å². The van der Waals surface area contributed by atoms with E-state index in [9.17, 15) is 0 Å². The minimum absolute atomic E-state index is 0.213. The highest BCUT2D eigenvalue weighted by atomic mass is 16.5. The maximum atomic E-state index is 6.85. The quantitative estimate of drug-likeness (QED) is 0.355. The first kappa shape index (κ1) is 27.9. The molecule has 4 aliphatic carbocycles. The average molecular weight is 537 g/mol. The smallest absolute Gasteiger partial charge is 0.162 e. The third kappa shape index (κ3) is 3.76. The summed E-state index contributed by atoms with van der Waals surface area (Å²) in [5.41, 5.74) is 3.51. The van der Waals surface area contributed by atoms with Crippen molar-refractivity contribution in [1.29, 1.82) is 0 Å².